The summed E-state index contributed by atoms with van der Waals surface area (Å²) < 4.78 is 33.4. The molecule has 0 fully saturated rings. The van der Waals surface area contributed by atoms with E-state index in [9.17, 15) is 8.78 Å². The molecular weight excluding hydrogens is 306 g/mol. The van der Waals surface area contributed by atoms with Crippen molar-refractivity contribution in [1.29, 1.82) is 0 Å². The van der Waals surface area contributed by atoms with Gasteiger partial charge in [-0.2, -0.15) is 18.9 Å². The van der Waals surface area contributed by atoms with Gasteiger partial charge >= 0.3 is 6.55 Å². The van der Waals surface area contributed by atoms with Gasteiger partial charge in [-0.3, -0.25) is 9.25 Å². The Balaban J connectivity index is 1.77. The fourth-order valence-electron chi connectivity index (χ4n) is 2.46. The molecule has 3 rings (SSSR count). The lowest BCUT2D eigenvalue weighted by atomic mass is 10.1. The molecule has 0 atom stereocenters. The van der Waals surface area contributed by atoms with Crippen molar-refractivity contribution in [3.63, 3.8) is 0 Å². The van der Waals surface area contributed by atoms with Gasteiger partial charge in [-0.15, -0.1) is 0 Å². The van der Waals surface area contributed by atoms with Crippen molar-refractivity contribution in [3.8, 4) is 0 Å². The summed E-state index contributed by atoms with van der Waals surface area (Å²) in [6.07, 6.45) is 3.10. The third-order valence-corrected chi connectivity index (χ3v) is 3.77. The zero-order valence-corrected chi connectivity index (χ0v) is 13.0. The number of aryl methyl sites for hydroxylation is 2. The molecule has 3 aromatic heterocycles. The highest BCUT2D eigenvalue weighted by Crippen LogP contribution is 2.18. The quantitative estimate of drug-likeness (QED) is 0.720. The Bertz CT molecular complexity index is 819. The van der Waals surface area contributed by atoms with E-state index in [1.807, 2.05) is 20.9 Å². The molecule has 9 heteroatoms. The van der Waals surface area contributed by atoms with Crippen LogP contribution in [-0.4, -0.2) is 29.5 Å². The van der Waals surface area contributed by atoms with Crippen LogP contribution in [0, 0.1) is 13.8 Å². The number of halogens is 2. The Labute approximate surface area is 130 Å². The minimum Gasteiger partial charge on any atom is -0.339 e. The van der Waals surface area contributed by atoms with Crippen LogP contribution < -0.4 is 0 Å². The van der Waals surface area contributed by atoms with E-state index < -0.39 is 6.55 Å². The molecule has 0 bridgehead atoms. The van der Waals surface area contributed by atoms with Gasteiger partial charge in [-0.05, 0) is 13.8 Å². The van der Waals surface area contributed by atoms with Gasteiger partial charge < -0.3 is 4.52 Å². The van der Waals surface area contributed by atoms with Crippen LogP contribution in [0.2, 0.25) is 0 Å². The topological polar surface area (TPSA) is 74.6 Å². The first kappa shape index (κ1) is 15.3. The molecule has 7 nitrogen and oxygen atoms in total. The summed E-state index contributed by atoms with van der Waals surface area (Å²) in [5.41, 5.74) is 2.95. The molecule has 0 aliphatic heterocycles. The van der Waals surface area contributed by atoms with E-state index in [2.05, 4.69) is 20.2 Å². The largest absolute Gasteiger partial charge is 0.339 e. The molecule has 0 N–H and O–H groups in total. The van der Waals surface area contributed by atoms with Crippen molar-refractivity contribution >= 4 is 0 Å². The van der Waals surface area contributed by atoms with E-state index in [0.29, 0.717) is 18.1 Å². The van der Waals surface area contributed by atoms with E-state index >= 15 is 0 Å². The predicted octanol–water partition coefficient (Wildman–Crippen LogP) is 2.19. The average Bonchev–Trinajstić information content (AvgIpc) is 3.18. The molecule has 122 valence electrons. The Morgan fingerprint density at radius 1 is 1.26 bits per heavy atom. The first-order valence-electron chi connectivity index (χ1n) is 7.06. The second-order valence-corrected chi connectivity index (χ2v) is 5.26. The lowest BCUT2D eigenvalue weighted by molar-refractivity contribution is 0.0673. The normalized spacial score (nSPS) is 11.6. The van der Waals surface area contributed by atoms with Crippen LogP contribution in [0.3, 0.4) is 0 Å². The number of aromatic nitrogens is 6. The third-order valence-electron chi connectivity index (χ3n) is 3.77. The number of nitrogens with zero attached hydrogens (tertiary/aromatic N) is 6. The molecule has 0 aliphatic rings. The molecule has 23 heavy (non-hydrogen) atoms. The maximum Gasteiger partial charge on any atom is 0.319 e. The maximum atomic E-state index is 12.8. The Kier molecular flexibility index (Phi) is 3.93. The van der Waals surface area contributed by atoms with Crippen molar-refractivity contribution in [3.05, 3.63) is 46.9 Å². The molecule has 3 aromatic rings. The minimum absolute atomic E-state index is 0.0891. The zero-order valence-electron chi connectivity index (χ0n) is 13.0. The summed E-state index contributed by atoms with van der Waals surface area (Å²) in [5, 5.41) is 8.18. The van der Waals surface area contributed by atoms with E-state index in [0.717, 1.165) is 21.5 Å². The number of hydrogen-bond acceptors (Lipinski definition) is 5. The van der Waals surface area contributed by atoms with Gasteiger partial charge in [0.25, 0.3) is 0 Å². The number of rotatable bonds is 5. The molecule has 0 amide bonds. The van der Waals surface area contributed by atoms with Gasteiger partial charge in [0.1, 0.15) is 5.82 Å². The van der Waals surface area contributed by atoms with Gasteiger partial charge in [0.2, 0.25) is 5.89 Å². The van der Waals surface area contributed by atoms with Gasteiger partial charge in [0, 0.05) is 30.7 Å². The lowest BCUT2D eigenvalue weighted by Crippen LogP contribution is -2.05. The Hall–Kier alpha value is -2.58. The predicted molar refractivity (Wildman–Crippen MR) is 76.1 cm³/mol. The molecular formula is C14H16F2N6O. The van der Waals surface area contributed by atoms with Crippen molar-refractivity contribution < 1.29 is 13.3 Å². The SMILES string of the molecule is Cc1nn(C)c(C)c1Cc1nc(Cc2nccn2C(F)F)no1. The summed E-state index contributed by atoms with van der Waals surface area (Å²) in [6.45, 7) is 1.24. The maximum absolute atomic E-state index is 12.8. The summed E-state index contributed by atoms with van der Waals surface area (Å²) in [4.78, 5) is 8.16. The molecule has 0 saturated carbocycles. The van der Waals surface area contributed by atoms with Crippen LogP contribution in [0.4, 0.5) is 8.78 Å². The van der Waals surface area contributed by atoms with Crippen molar-refractivity contribution in [2.75, 3.05) is 0 Å². The smallest absolute Gasteiger partial charge is 0.319 e. The van der Waals surface area contributed by atoms with Crippen molar-refractivity contribution in [2.24, 2.45) is 7.05 Å². The van der Waals surface area contributed by atoms with Crippen LogP contribution >= 0.6 is 0 Å². The summed E-state index contributed by atoms with van der Waals surface area (Å²) in [6, 6.07) is 0. The summed E-state index contributed by atoms with van der Waals surface area (Å²) >= 11 is 0. The van der Waals surface area contributed by atoms with E-state index in [4.69, 9.17) is 4.52 Å². The molecule has 0 saturated heterocycles. The van der Waals surface area contributed by atoms with E-state index in [1.165, 1.54) is 12.4 Å². The monoisotopic (exact) mass is 322 g/mol. The average molecular weight is 322 g/mol. The van der Waals surface area contributed by atoms with Crippen molar-refractivity contribution in [1.82, 2.24) is 29.5 Å². The van der Waals surface area contributed by atoms with Gasteiger partial charge in [-0.25, -0.2) is 4.98 Å². The number of alkyl halides is 2. The Morgan fingerprint density at radius 3 is 2.70 bits per heavy atom. The van der Waals surface area contributed by atoms with Gasteiger partial charge in [-0.1, -0.05) is 5.16 Å². The molecule has 0 radical (unpaired) electrons. The lowest BCUT2D eigenvalue weighted by Gasteiger charge is -2.03. The van der Waals surface area contributed by atoms with Gasteiger partial charge in [0.15, 0.2) is 5.82 Å². The Morgan fingerprint density at radius 2 is 2.04 bits per heavy atom. The second-order valence-electron chi connectivity index (χ2n) is 5.26. The highest BCUT2D eigenvalue weighted by Gasteiger charge is 2.17. The molecule has 0 spiro atoms. The first-order chi connectivity index (χ1) is 11.0. The number of hydrogen-bond donors (Lipinski definition) is 0. The van der Waals surface area contributed by atoms with Crippen LogP contribution in [0.15, 0.2) is 16.9 Å². The van der Waals surface area contributed by atoms with Gasteiger partial charge in [0.05, 0.1) is 18.5 Å². The standard InChI is InChI=1S/C14H16F2N6O/c1-8-10(9(2)21(3)19-8)6-13-18-11(20-23-13)7-12-17-4-5-22(12)14(15)16/h4-5,14H,6-7H2,1-3H3. The van der Waals surface area contributed by atoms with Crippen LogP contribution in [0.5, 0.6) is 0 Å². The van der Waals surface area contributed by atoms with Crippen molar-refractivity contribution in [2.45, 2.75) is 33.2 Å². The summed E-state index contributed by atoms with van der Waals surface area (Å²) in [7, 11) is 1.87. The second kappa shape index (κ2) is 5.90. The fraction of sp³-hybridized carbons (Fsp3) is 0.429. The van der Waals surface area contributed by atoms with Crippen LogP contribution in [-0.2, 0) is 19.9 Å². The van der Waals surface area contributed by atoms with E-state index in [1.54, 1.807) is 4.68 Å². The molecule has 0 aliphatic carbocycles. The highest BCUT2D eigenvalue weighted by molar-refractivity contribution is 5.27. The molecule has 0 aromatic carbocycles. The minimum atomic E-state index is -2.64. The molecule has 0 unspecified atom stereocenters. The first-order valence-corrected chi connectivity index (χ1v) is 7.06. The van der Waals surface area contributed by atoms with Crippen LogP contribution in [0.1, 0.15) is 41.0 Å². The van der Waals surface area contributed by atoms with E-state index in [-0.39, 0.29) is 12.2 Å². The fourth-order valence-corrected chi connectivity index (χ4v) is 2.46. The summed E-state index contributed by atoms with van der Waals surface area (Å²) in [5.74, 6) is 0.947. The zero-order chi connectivity index (χ0) is 16.6. The third kappa shape index (κ3) is 2.99. The molecule has 3 heterocycles. The highest BCUT2D eigenvalue weighted by atomic mass is 19.3. The van der Waals surface area contributed by atoms with Crippen LogP contribution in [0.25, 0.3) is 0 Å². The number of imidazole rings is 1.